The van der Waals surface area contributed by atoms with Crippen LogP contribution in [0.15, 0.2) is 60.8 Å². The topological polar surface area (TPSA) is 136 Å². The van der Waals surface area contributed by atoms with E-state index in [-0.39, 0.29) is 17.1 Å². The molecule has 50 heavy (non-hydrogen) atoms. The Kier molecular flexibility index (Phi) is 9.90. The van der Waals surface area contributed by atoms with Crippen LogP contribution < -0.4 is 15.1 Å². The standard InChI is InChI=1S/C36H37F3N6O5/c1-21-12-24(37)15-26(13-21)44(31(27-9-7-6-8-22(27)2)32(47)42-25-16-36(38,39)17-25)33(48)28-19-43(34(49)50-35(3,4)5)20-30(46)45(28)29-14-23(18-40)10-11-41-29/h6-15,25,28,31H,16-17,19-20H2,1-5H3,(H,42,47)/t28-,31?/m0/s1. The van der Waals surface area contributed by atoms with Crippen LogP contribution in [0, 0.1) is 31.0 Å². The molecular weight excluding hydrogens is 653 g/mol. The summed E-state index contributed by atoms with van der Waals surface area (Å²) in [6.45, 7) is 7.27. The Labute approximate surface area is 287 Å². The van der Waals surface area contributed by atoms with E-state index in [4.69, 9.17) is 4.74 Å². The van der Waals surface area contributed by atoms with Crippen LogP contribution in [0.1, 0.15) is 61.9 Å². The molecule has 5 rings (SSSR count). The quantitative estimate of drug-likeness (QED) is 0.353. The number of nitrogens with zero attached hydrogens (tertiary/aromatic N) is 5. The highest BCUT2D eigenvalue weighted by Gasteiger charge is 2.49. The molecule has 2 aromatic carbocycles. The highest BCUT2D eigenvalue weighted by molar-refractivity contribution is 6.10. The van der Waals surface area contributed by atoms with Crippen molar-refractivity contribution in [2.75, 3.05) is 22.9 Å². The van der Waals surface area contributed by atoms with E-state index in [0.29, 0.717) is 16.7 Å². The van der Waals surface area contributed by atoms with Gasteiger partial charge in [-0.25, -0.2) is 22.9 Å². The number of nitrogens with one attached hydrogen (secondary N) is 1. The molecule has 2 fully saturated rings. The first-order valence-electron chi connectivity index (χ1n) is 16.0. The first-order valence-corrected chi connectivity index (χ1v) is 16.0. The number of benzene rings is 2. The summed E-state index contributed by atoms with van der Waals surface area (Å²) in [7, 11) is 0. The summed E-state index contributed by atoms with van der Waals surface area (Å²) in [6.07, 6.45) is -0.783. The lowest BCUT2D eigenvalue weighted by atomic mass is 9.87. The largest absolute Gasteiger partial charge is 0.444 e. The SMILES string of the molecule is Cc1cc(F)cc(N(C(=O)[C@@H]2CN(C(=O)OC(C)(C)C)CC(=O)N2c2cc(C#N)ccn2)C(C(=O)NC2CC(F)(F)C2)c2ccccc2C)c1. The lowest BCUT2D eigenvalue weighted by Crippen LogP contribution is -2.65. The van der Waals surface area contributed by atoms with Gasteiger partial charge in [-0.2, -0.15) is 5.26 Å². The minimum atomic E-state index is -2.95. The molecule has 2 aliphatic rings. The number of anilines is 2. The molecule has 1 unspecified atom stereocenters. The van der Waals surface area contributed by atoms with Crippen LogP contribution in [0.25, 0.3) is 0 Å². The van der Waals surface area contributed by atoms with Gasteiger partial charge in [-0.15, -0.1) is 0 Å². The van der Waals surface area contributed by atoms with Crippen molar-refractivity contribution in [1.82, 2.24) is 15.2 Å². The summed E-state index contributed by atoms with van der Waals surface area (Å²) in [6, 6.07) is 11.1. The Hall–Kier alpha value is -5.45. The molecule has 0 spiro atoms. The molecule has 14 heteroatoms. The van der Waals surface area contributed by atoms with Crippen molar-refractivity contribution < 1.29 is 37.1 Å². The van der Waals surface area contributed by atoms with Crippen molar-refractivity contribution in [2.24, 2.45) is 0 Å². The van der Waals surface area contributed by atoms with Crippen molar-refractivity contribution in [3.05, 3.63) is 88.9 Å². The highest BCUT2D eigenvalue weighted by atomic mass is 19.3. The van der Waals surface area contributed by atoms with Crippen molar-refractivity contribution in [1.29, 1.82) is 5.26 Å². The number of nitriles is 1. The van der Waals surface area contributed by atoms with Crippen molar-refractivity contribution in [3.8, 4) is 6.07 Å². The molecule has 1 aromatic heterocycles. The molecule has 11 nitrogen and oxygen atoms in total. The van der Waals surface area contributed by atoms with E-state index in [1.807, 2.05) is 6.07 Å². The first-order chi connectivity index (χ1) is 23.5. The van der Waals surface area contributed by atoms with Crippen LogP contribution in [0.3, 0.4) is 0 Å². The zero-order valence-electron chi connectivity index (χ0n) is 28.2. The van der Waals surface area contributed by atoms with Crippen LogP contribution in [0.5, 0.6) is 0 Å². The Morgan fingerprint density at radius 2 is 1.80 bits per heavy atom. The van der Waals surface area contributed by atoms with E-state index in [2.05, 4.69) is 10.3 Å². The van der Waals surface area contributed by atoms with Gasteiger partial charge in [0.2, 0.25) is 11.8 Å². The average Bonchev–Trinajstić information content (AvgIpc) is 3.01. The predicted octanol–water partition coefficient (Wildman–Crippen LogP) is 5.35. The normalized spacial score (nSPS) is 18.1. The zero-order chi connectivity index (χ0) is 36.5. The number of ether oxygens (including phenoxy) is 1. The summed E-state index contributed by atoms with van der Waals surface area (Å²) >= 11 is 0. The Morgan fingerprint density at radius 1 is 1.10 bits per heavy atom. The van der Waals surface area contributed by atoms with Crippen molar-refractivity contribution >= 4 is 35.3 Å². The Morgan fingerprint density at radius 3 is 2.42 bits per heavy atom. The molecule has 1 aliphatic heterocycles. The molecule has 4 amide bonds. The maximum absolute atomic E-state index is 15.2. The first kappa shape index (κ1) is 35.8. The Bertz CT molecular complexity index is 1840. The van der Waals surface area contributed by atoms with E-state index < -0.39 is 85.2 Å². The van der Waals surface area contributed by atoms with Crippen molar-refractivity contribution in [2.45, 2.75) is 77.1 Å². The second-order valence-corrected chi connectivity index (χ2v) is 13.6. The minimum Gasteiger partial charge on any atom is -0.444 e. The van der Waals surface area contributed by atoms with Gasteiger partial charge in [0, 0.05) is 30.8 Å². The number of carbonyl (C=O) groups excluding carboxylic acids is 4. The summed E-state index contributed by atoms with van der Waals surface area (Å²) < 4.78 is 48.3. The monoisotopic (exact) mass is 690 g/mol. The molecule has 262 valence electrons. The summed E-state index contributed by atoms with van der Waals surface area (Å²) in [5.41, 5.74) is 0.403. The number of aromatic nitrogens is 1. The molecule has 1 N–H and O–H groups in total. The van der Waals surface area contributed by atoms with Crippen molar-refractivity contribution in [3.63, 3.8) is 0 Å². The zero-order valence-corrected chi connectivity index (χ0v) is 28.2. The Balaban J connectivity index is 1.69. The van der Waals surface area contributed by atoms with Gasteiger partial charge in [0.15, 0.2) is 0 Å². The fourth-order valence-electron chi connectivity index (χ4n) is 6.08. The van der Waals surface area contributed by atoms with Gasteiger partial charge in [-0.05, 0) is 81.6 Å². The fraction of sp³-hybridized carbons (Fsp3) is 0.389. The second-order valence-electron chi connectivity index (χ2n) is 13.6. The van der Waals surface area contributed by atoms with E-state index in [1.165, 1.54) is 30.5 Å². The third kappa shape index (κ3) is 7.88. The maximum Gasteiger partial charge on any atom is 0.410 e. The van der Waals surface area contributed by atoms with Gasteiger partial charge in [0.1, 0.15) is 35.9 Å². The number of halogens is 3. The lowest BCUT2D eigenvalue weighted by molar-refractivity contribution is -0.133. The number of aryl methyl sites for hydroxylation is 2. The molecule has 0 radical (unpaired) electrons. The third-order valence-corrected chi connectivity index (χ3v) is 8.33. The molecule has 3 aromatic rings. The fourth-order valence-corrected chi connectivity index (χ4v) is 6.08. The van der Waals surface area contributed by atoms with E-state index in [9.17, 15) is 28.4 Å². The summed E-state index contributed by atoms with van der Waals surface area (Å²) in [5, 5.41) is 12.2. The number of hydrogen-bond donors (Lipinski definition) is 1. The van der Waals surface area contributed by atoms with Gasteiger partial charge < -0.3 is 10.1 Å². The molecule has 1 saturated heterocycles. The molecule has 1 saturated carbocycles. The molecule has 0 bridgehead atoms. The third-order valence-electron chi connectivity index (χ3n) is 8.33. The van der Waals surface area contributed by atoms with E-state index >= 15 is 9.18 Å². The number of amides is 4. The lowest BCUT2D eigenvalue weighted by Gasteiger charge is -2.43. The van der Waals surface area contributed by atoms with Crippen LogP contribution in [-0.4, -0.2) is 70.4 Å². The molecule has 2 heterocycles. The molecular formula is C36H37F3N6O5. The van der Waals surface area contributed by atoms with Gasteiger partial charge in [0.25, 0.3) is 11.8 Å². The summed E-state index contributed by atoms with van der Waals surface area (Å²) in [5.74, 6) is -6.21. The van der Waals surface area contributed by atoms with Gasteiger partial charge in [0.05, 0.1) is 18.2 Å². The number of hydrogen-bond acceptors (Lipinski definition) is 7. The highest BCUT2D eigenvalue weighted by Crippen LogP contribution is 2.39. The van der Waals surface area contributed by atoms with Crippen LogP contribution >= 0.6 is 0 Å². The number of piperazine rings is 1. The number of rotatable bonds is 7. The molecule has 1 aliphatic carbocycles. The average molecular weight is 691 g/mol. The number of alkyl halides is 2. The van der Waals surface area contributed by atoms with Crippen LogP contribution in [0.4, 0.5) is 29.5 Å². The minimum absolute atomic E-state index is 0.0598. The van der Waals surface area contributed by atoms with Gasteiger partial charge >= 0.3 is 6.09 Å². The number of carbonyl (C=O) groups is 4. The second kappa shape index (κ2) is 13.8. The van der Waals surface area contributed by atoms with Gasteiger partial charge in [-0.1, -0.05) is 24.3 Å². The summed E-state index contributed by atoms with van der Waals surface area (Å²) in [4.78, 5) is 64.0. The predicted molar refractivity (Wildman–Crippen MR) is 177 cm³/mol. The van der Waals surface area contributed by atoms with E-state index in [0.717, 1.165) is 20.8 Å². The maximum atomic E-state index is 15.2. The number of pyridine rings is 1. The van der Waals surface area contributed by atoms with Gasteiger partial charge in [-0.3, -0.25) is 29.1 Å². The molecule has 2 atom stereocenters. The van der Waals surface area contributed by atoms with E-state index in [1.54, 1.807) is 58.9 Å². The van der Waals surface area contributed by atoms with Crippen LogP contribution in [-0.2, 0) is 19.1 Å². The smallest absolute Gasteiger partial charge is 0.410 e. The van der Waals surface area contributed by atoms with Crippen LogP contribution in [0.2, 0.25) is 0 Å².